The lowest BCUT2D eigenvalue weighted by Gasteiger charge is -2.24. The Morgan fingerprint density at radius 3 is 2.71 bits per heavy atom. The van der Waals surface area contributed by atoms with E-state index in [9.17, 15) is 4.79 Å². The highest BCUT2D eigenvalue weighted by molar-refractivity contribution is 6.33. The third kappa shape index (κ3) is 4.49. The number of aromatic nitrogens is 3. The van der Waals surface area contributed by atoms with Crippen LogP contribution in [0.3, 0.4) is 0 Å². The minimum Gasteiger partial charge on any atom is -0.444 e. The summed E-state index contributed by atoms with van der Waals surface area (Å²) in [6.45, 7) is 14.8. The summed E-state index contributed by atoms with van der Waals surface area (Å²) in [7, 11) is 0. The van der Waals surface area contributed by atoms with Crippen LogP contribution in [-0.4, -0.2) is 44.4 Å². The number of rotatable bonds is 3. The largest absolute Gasteiger partial charge is 0.444 e. The number of ether oxygens (including phenoxy) is 1. The van der Waals surface area contributed by atoms with Crippen molar-refractivity contribution in [3.63, 3.8) is 0 Å². The molecule has 1 fully saturated rings. The van der Waals surface area contributed by atoms with Crippen LogP contribution in [0.4, 0.5) is 10.5 Å². The fourth-order valence-corrected chi connectivity index (χ4v) is 4.12. The van der Waals surface area contributed by atoms with Gasteiger partial charge in [0.25, 0.3) is 0 Å². The van der Waals surface area contributed by atoms with Gasteiger partial charge in [0.1, 0.15) is 10.8 Å². The molecule has 1 aromatic carbocycles. The number of fused-ring (bicyclic) bond motifs is 1. The predicted octanol–water partition coefficient (Wildman–Crippen LogP) is 5.56. The molecule has 0 saturated carbocycles. The number of likely N-dealkylation sites (tertiary alicyclic amines) is 1. The number of carbonyl (C=O) groups excluding carboxylic acids is 1. The quantitative estimate of drug-likeness (QED) is 0.397. The van der Waals surface area contributed by atoms with Crippen molar-refractivity contribution in [3.8, 4) is 11.1 Å². The molecule has 1 saturated heterocycles. The van der Waals surface area contributed by atoms with E-state index < -0.39 is 5.60 Å². The molecule has 8 heteroatoms. The van der Waals surface area contributed by atoms with Gasteiger partial charge in [0.15, 0.2) is 5.69 Å². The first-order valence-corrected chi connectivity index (χ1v) is 10.6. The van der Waals surface area contributed by atoms with E-state index in [-0.39, 0.29) is 12.0 Å². The summed E-state index contributed by atoms with van der Waals surface area (Å²) in [6, 6.07) is 7.29. The van der Waals surface area contributed by atoms with Crippen LogP contribution in [0.15, 0.2) is 36.7 Å². The van der Waals surface area contributed by atoms with Gasteiger partial charge in [-0.3, -0.25) is 4.68 Å². The van der Waals surface area contributed by atoms with Gasteiger partial charge >= 0.3 is 6.09 Å². The zero-order chi connectivity index (χ0) is 22.2. The summed E-state index contributed by atoms with van der Waals surface area (Å²) in [6.07, 6.45) is 4.18. The summed E-state index contributed by atoms with van der Waals surface area (Å²) in [5, 5.41) is 5.90. The van der Waals surface area contributed by atoms with Gasteiger partial charge in [-0.25, -0.2) is 14.6 Å². The van der Waals surface area contributed by atoms with Crippen LogP contribution in [0.2, 0.25) is 5.15 Å². The van der Waals surface area contributed by atoms with Crippen molar-refractivity contribution in [2.45, 2.75) is 39.3 Å². The maximum absolute atomic E-state index is 12.3. The minimum absolute atomic E-state index is 0.265. The van der Waals surface area contributed by atoms with Crippen LogP contribution in [0.1, 0.15) is 27.2 Å². The molecule has 3 heterocycles. The van der Waals surface area contributed by atoms with Gasteiger partial charge < -0.3 is 9.64 Å². The van der Waals surface area contributed by atoms with Gasteiger partial charge in [0, 0.05) is 30.6 Å². The van der Waals surface area contributed by atoms with Crippen molar-refractivity contribution in [1.29, 1.82) is 0 Å². The van der Waals surface area contributed by atoms with Crippen molar-refractivity contribution < 1.29 is 9.53 Å². The smallest absolute Gasteiger partial charge is 0.410 e. The summed E-state index contributed by atoms with van der Waals surface area (Å²) < 4.78 is 7.42. The van der Waals surface area contributed by atoms with E-state index in [1.807, 2.05) is 43.8 Å². The Bertz CT molecular complexity index is 1160. The average molecular weight is 438 g/mol. The summed E-state index contributed by atoms with van der Waals surface area (Å²) in [5.41, 5.74) is 2.67. The van der Waals surface area contributed by atoms with Gasteiger partial charge in [-0.15, -0.1) is 0 Å². The number of hydrogen-bond donors (Lipinski definition) is 0. The van der Waals surface area contributed by atoms with Crippen LogP contribution in [0, 0.1) is 12.5 Å². The van der Waals surface area contributed by atoms with Gasteiger partial charge in [-0.1, -0.05) is 35.9 Å². The minimum atomic E-state index is -0.498. The summed E-state index contributed by atoms with van der Waals surface area (Å²) in [5.74, 6) is 0.285. The molecule has 0 aliphatic carbocycles. The molecule has 0 N–H and O–H groups in total. The zero-order valence-electron chi connectivity index (χ0n) is 17.8. The van der Waals surface area contributed by atoms with Gasteiger partial charge in [-0.2, -0.15) is 5.10 Å². The lowest BCUT2D eigenvalue weighted by Crippen LogP contribution is -2.35. The second-order valence-corrected chi connectivity index (χ2v) is 9.15. The number of carbonyl (C=O) groups is 1. The molecule has 0 unspecified atom stereocenters. The fourth-order valence-electron chi connectivity index (χ4n) is 3.86. The van der Waals surface area contributed by atoms with Crippen molar-refractivity contribution in [2.75, 3.05) is 13.1 Å². The molecule has 1 amide bonds. The molecule has 7 nitrogen and oxygen atoms in total. The number of amides is 1. The summed E-state index contributed by atoms with van der Waals surface area (Å²) in [4.78, 5) is 21.9. The molecule has 4 rings (SSSR count). The van der Waals surface area contributed by atoms with Crippen molar-refractivity contribution in [1.82, 2.24) is 19.7 Å². The van der Waals surface area contributed by atoms with Crippen LogP contribution in [0.25, 0.3) is 26.9 Å². The number of pyridine rings is 1. The molecular weight excluding hydrogens is 414 g/mol. The highest BCUT2D eigenvalue weighted by atomic mass is 35.5. The Morgan fingerprint density at radius 2 is 2.03 bits per heavy atom. The molecule has 1 aliphatic rings. The van der Waals surface area contributed by atoms with E-state index >= 15 is 0 Å². The van der Waals surface area contributed by atoms with E-state index in [2.05, 4.69) is 14.9 Å². The second-order valence-electron chi connectivity index (χ2n) is 8.79. The van der Waals surface area contributed by atoms with E-state index in [0.29, 0.717) is 30.5 Å². The first kappa shape index (κ1) is 21.1. The molecule has 0 spiro atoms. The third-order valence-electron chi connectivity index (χ3n) is 5.31. The van der Waals surface area contributed by atoms with Crippen LogP contribution >= 0.6 is 11.6 Å². The molecule has 31 heavy (non-hydrogen) atoms. The maximum atomic E-state index is 12.3. The Kier molecular flexibility index (Phi) is 5.59. The number of halogens is 1. The van der Waals surface area contributed by atoms with E-state index in [0.717, 1.165) is 28.5 Å². The number of nitrogens with zero attached hydrogens (tertiary/aromatic N) is 5. The van der Waals surface area contributed by atoms with Crippen molar-refractivity contribution >= 4 is 34.3 Å². The van der Waals surface area contributed by atoms with E-state index in [1.165, 1.54) is 0 Å². The Labute approximate surface area is 186 Å². The molecule has 1 aliphatic heterocycles. The predicted molar refractivity (Wildman–Crippen MR) is 120 cm³/mol. The summed E-state index contributed by atoms with van der Waals surface area (Å²) >= 11 is 6.43. The number of benzene rings is 1. The first-order chi connectivity index (χ1) is 14.7. The third-order valence-corrected chi connectivity index (χ3v) is 5.60. The van der Waals surface area contributed by atoms with Gasteiger partial charge in [-0.05, 0) is 38.7 Å². The molecule has 0 radical (unpaired) electrons. The van der Waals surface area contributed by atoms with Crippen LogP contribution in [-0.2, 0) is 11.3 Å². The molecule has 160 valence electrons. The van der Waals surface area contributed by atoms with E-state index in [4.69, 9.17) is 22.9 Å². The lowest BCUT2D eigenvalue weighted by molar-refractivity contribution is 0.0287. The van der Waals surface area contributed by atoms with Crippen molar-refractivity contribution in [3.05, 3.63) is 53.2 Å². The second kappa shape index (κ2) is 8.20. The maximum Gasteiger partial charge on any atom is 0.410 e. The standard InChI is InChI=1S/C23H24ClN5O2/c1-23(2,3)31-22(30)28-10-9-15(13-28)14-29-19-12-26-21(24)20(18(19)11-27-29)16-5-7-17(25-4)8-6-16/h5-8,11-12,15H,9-10,13-14H2,1-3H3/t15-/m1/s1. The SMILES string of the molecule is [C-]#[N+]c1ccc(-c2c(Cl)ncc3c2cnn3C[C@@H]2CCN(C(=O)OC(C)(C)C)C2)cc1. The van der Waals surface area contributed by atoms with Crippen LogP contribution in [0.5, 0.6) is 0 Å². The highest BCUT2D eigenvalue weighted by Crippen LogP contribution is 2.35. The fraction of sp³-hybridized carbons (Fsp3) is 0.391. The molecule has 2 aromatic heterocycles. The molecular formula is C23H24ClN5O2. The van der Waals surface area contributed by atoms with Crippen LogP contribution < -0.4 is 0 Å². The Balaban J connectivity index is 1.55. The Morgan fingerprint density at radius 1 is 1.29 bits per heavy atom. The van der Waals surface area contributed by atoms with E-state index in [1.54, 1.807) is 23.2 Å². The van der Waals surface area contributed by atoms with Gasteiger partial charge in [0.05, 0.1) is 24.5 Å². The molecule has 0 bridgehead atoms. The Hall–Kier alpha value is -3.11. The molecule has 1 atom stereocenters. The first-order valence-electron chi connectivity index (χ1n) is 10.2. The topological polar surface area (TPSA) is 64.6 Å². The van der Waals surface area contributed by atoms with Crippen molar-refractivity contribution in [2.24, 2.45) is 5.92 Å². The lowest BCUT2D eigenvalue weighted by atomic mass is 10.0. The van der Waals surface area contributed by atoms with Gasteiger partial charge in [0.2, 0.25) is 0 Å². The monoisotopic (exact) mass is 437 g/mol. The average Bonchev–Trinajstić information content (AvgIpc) is 3.35. The highest BCUT2D eigenvalue weighted by Gasteiger charge is 2.30. The zero-order valence-corrected chi connectivity index (χ0v) is 18.6. The number of hydrogen-bond acceptors (Lipinski definition) is 4. The normalized spacial score (nSPS) is 16.5. The molecule has 3 aromatic rings.